The molecule has 3 rings (SSSR count). The van der Waals surface area contributed by atoms with Crippen LogP contribution in [0.2, 0.25) is 0 Å². The van der Waals surface area contributed by atoms with Crippen molar-refractivity contribution < 1.29 is 0 Å². The van der Waals surface area contributed by atoms with Crippen molar-refractivity contribution in [2.45, 2.75) is 49.8 Å². The van der Waals surface area contributed by atoms with Gasteiger partial charge in [0.25, 0.3) is 0 Å². The predicted molar refractivity (Wildman–Crippen MR) is 73.5 cm³/mol. The second-order valence-corrected chi connectivity index (χ2v) is 6.30. The molecule has 0 aliphatic heterocycles. The van der Waals surface area contributed by atoms with Crippen molar-refractivity contribution in [2.75, 3.05) is 0 Å². The van der Waals surface area contributed by atoms with Crippen molar-refractivity contribution in [3.63, 3.8) is 0 Å². The van der Waals surface area contributed by atoms with Crippen molar-refractivity contribution in [1.29, 1.82) is 0 Å². The first-order valence-corrected chi connectivity index (χ1v) is 7.49. The van der Waals surface area contributed by atoms with Gasteiger partial charge in [0.1, 0.15) is 0 Å². The Morgan fingerprint density at radius 2 is 1.65 bits per heavy atom. The maximum Gasteiger partial charge on any atom is 0.0367 e. The van der Waals surface area contributed by atoms with Gasteiger partial charge < -0.3 is 0 Å². The predicted octanol–water partition coefficient (Wildman–Crippen LogP) is 4.98. The molecule has 0 aromatic heterocycles. The fourth-order valence-electron chi connectivity index (χ4n) is 3.54. The summed E-state index contributed by atoms with van der Waals surface area (Å²) in [6.07, 6.45) is 8.10. The average Bonchev–Trinajstić information content (AvgIpc) is 3.14. The van der Waals surface area contributed by atoms with Gasteiger partial charge in [-0.1, -0.05) is 49.6 Å². The normalized spacial score (nSPS) is 37.5. The van der Waals surface area contributed by atoms with Crippen LogP contribution in [0.5, 0.6) is 0 Å². The average molecular weight is 249 g/mol. The van der Waals surface area contributed by atoms with Gasteiger partial charge in [-0.15, -0.1) is 11.6 Å². The topological polar surface area (TPSA) is 0 Å². The Labute approximate surface area is 109 Å². The van der Waals surface area contributed by atoms with E-state index in [1.807, 2.05) is 0 Å². The van der Waals surface area contributed by atoms with E-state index in [4.69, 9.17) is 11.6 Å². The van der Waals surface area contributed by atoms with Crippen molar-refractivity contribution in [3.8, 4) is 0 Å². The van der Waals surface area contributed by atoms with Crippen molar-refractivity contribution in [2.24, 2.45) is 11.8 Å². The molecule has 0 N–H and O–H groups in total. The van der Waals surface area contributed by atoms with E-state index in [2.05, 4.69) is 30.3 Å². The standard InChI is InChI=1S/C16H21Cl/c17-16-10-6-2-5-9-13(16)15-11-14(15)12-7-3-1-4-8-12/h1,3-4,7-8,13-16H,2,5-6,9-11H2. The van der Waals surface area contributed by atoms with E-state index in [-0.39, 0.29) is 0 Å². The highest BCUT2D eigenvalue weighted by Crippen LogP contribution is 2.55. The molecule has 2 saturated carbocycles. The molecule has 0 spiro atoms. The fraction of sp³-hybridized carbons (Fsp3) is 0.625. The zero-order valence-corrected chi connectivity index (χ0v) is 11.1. The number of hydrogen-bond acceptors (Lipinski definition) is 0. The molecule has 0 nitrogen and oxygen atoms in total. The highest BCUT2D eigenvalue weighted by Gasteiger charge is 2.45. The van der Waals surface area contributed by atoms with E-state index >= 15 is 0 Å². The van der Waals surface area contributed by atoms with Crippen LogP contribution in [0.1, 0.15) is 50.0 Å². The van der Waals surface area contributed by atoms with E-state index < -0.39 is 0 Å². The van der Waals surface area contributed by atoms with E-state index in [1.54, 1.807) is 0 Å². The molecule has 0 saturated heterocycles. The SMILES string of the molecule is ClC1CCCCCC1C1CC1c1ccccc1. The number of hydrogen-bond donors (Lipinski definition) is 0. The van der Waals surface area contributed by atoms with Gasteiger partial charge in [0.05, 0.1) is 0 Å². The molecule has 2 aliphatic carbocycles. The lowest BCUT2D eigenvalue weighted by molar-refractivity contribution is 0.406. The molecule has 4 atom stereocenters. The molecule has 0 bridgehead atoms. The number of halogens is 1. The van der Waals surface area contributed by atoms with Crippen LogP contribution in [0.3, 0.4) is 0 Å². The van der Waals surface area contributed by atoms with Crippen LogP contribution < -0.4 is 0 Å². The summed E-state index contributed by atoms with van der Waals surface area (Å²) in [5, 5.41) is 0.441. The fourth-order valence-corrected chi connectivity index (χ4v) is 4.01. The Kier molecular flexibility index (Phi) is 3.42. The lowest BCUT2D eigenvalue weighted by Gasteiger charge is -2.19. The summed E-state index contributed by atoms with van der Waals surface area (Å²) < 4.78 is 0. The van der Waals surface area contributed by atoms with Crippen LogP contribution in [0.15, 0.2) is 30.3 Å². The van der Waals surface area contributed by atoms with E-state index in [0.717, 1.165) is 17.8 Å². The van der Waals surface area contributed by atoms with Gasteiger partial charge in [-0.25, -0.2) is 0 Å². The van der Waals surface area contributed by atoms with Gasteiger partial charge in [0, 0.05) is 5.38 Å². The van der Waals surface area contributed by atoms with Crippen LogP contribution >= 0.6 is 11.6 Å². The third-order valence-corrected chi connectivity index (χ3v) is 5.14. The minimum atomic E-state index is 0.441. The van der Waals surface area contributed by atoms with Crippen LogP contribution in [-0.4, -0.2) is 5.38 Å². The third-order valence-electron chi connectivity index (χ3n) is 4.60. The van der Waals surface area contributed by atoms with Crippen molar-refractivity contribution in [3.05, 3.63) is 35.9 Å². The lowest BCUT2D eigenvalue weighted by Crippen LogP contribution is -2.16. The summed E-state index contributed by atoms with van der Waals surface area (Å²) in [7, 11) is 0. The molecular weight excluding hydrogens is 228 g/mol. The molecule has 2 fully saturated rings. The highest BCUT2D eigenvalue weighted by molar-refractivity contribution is 6.20. The summed E-state index contributed by atoms with van der Waals surface area (Å²) in [6.45, 7) is 0. The zero-order valence-electron chi connectivity index (χ0n) is 10.3. The van der Waals surface area contributed by atoms with Crippen LogP contribution in [0.4, 0.5) is 0 Å². The molecule has 4 unspecified atom stereocenters. The van der Waals surface area contributed by atoms with Crippen LogP contribution in [0, 0.1) is 11.8 Å². The molecule has 1 aromatic carbocycles. The van der Waals surface area contributed by atoms with Gasteiger partial charge in [0.15, 0.2) is 0 Å². The Bertz CT molecular complexity index is 359. The summed E-state index contributed by atoms with van der Waals surface area (Å²) >= 11 is 6.57. The Hall–Kier alpha value is -0.490. The molecular formula is C16H21Cl. The molecule has 1 aromatic rings. The molecule has 2 aliphatic rings. The molecule has 0 radical (unpaired) electrons. The molecule has 92 valence electrons. The second kappa shape index (κ2) is 5.02. The molecule has 0 amide bonds. The minimum absolute atomic E-state index is 0.441. The van der Waals surface area contributed by atoms with E-state index in [1.165, 1.54) is 44.1 Å². The smallest absolute Gasteiger partial charge is 0.0367 e. The van der Waals surface area contributed by atoms with Crippen molar-refractivity contribution in [1.82, 2.24) is 0 Å². The summed E-state index contributed by atoms with van der Waals surface area (Å²) in [6, 6.07) is 11.0. The van der Waals surface area contributed by atoms with Gasteiger partial charge in [0.2, 0.25) is 0 Å². The largest absolute Gasteiger partial charge is 0.123 e. The molecule has 1 heteroatoms. The minimum Gasteiger partial charge on any atom is -0.123 e. The molecule has 17 heavy (non-hydrogen) atoms. The second-order valence-electron chi connectivity index (χ2n) is 5.73. The van der Waals surface area contributed by atoms with E-state index in [0.29, 0.717) is 5.38 Å². The number of benzene rings is 1. The lowest BCUT2D eigenvalue weighted by atomic mass is 9.92. The quantitative estimate of drug-likeness (QED) is 0.512. The Morgan fingerprint density at radius 3 is 2.47 bits per heavy atom. The van der Waals surface area contributed by atoms with Gasteiger partial charge in [-0.3, -0.25) is 0 Å². The van der Waals surface area contributed by atoms with Crippen LogP contribution in [0.25, 0.3) is 0 Å². The first-order chi connectivity index (χ1) is 8.36. The Morgan fingerprint density at radius 1 is 0.882 bits per heavy atom. The zero-order chi connectivity index (χ0) is 11.7. The summed E-state index contributed by atoms with van der Waals surface area (Å²) in [5.41, 5.74) is 1.53. The maximum absolute atomic E-state index is 6.57. The van der Waals surface area contributed by atoms with E-state index in [9.17, 15) is 0 Å². The van der Waals surface area contributed by atoms with Gasteiger partial charge in [-0.05, 0) is 42.6 Å². The monoisotopic (exact) mass is 248 g/mol. The Balaban J connectivity index is 1.67. The summed E-state index contributed by atoms with van der Waals surface area (Å²) in [5.74, 6) is 2.46. The first-order valence-electron chi connectivity index (χ1n) is 7.05. The number of alkyl halides is 1. The third kappa shape index (κ3) is 2.52. The maximum atomic E-state index is 6.57. The van der Waals surface area contributed by atoms with Gasteiger partial charge >= 0.3 is 0 Å². The molecule has 0 heterocycles. The highest BCUT2D eigenvalue weighted by atomic mass is 35.5. The summed E-state index contributed by atoms with van der Waals surface area (Å²) in [4.78, 5) is 0. The number of rotatable bonds is 2. The van der Waals surface area contributed by atoms with Gasteiger partial charge in [-0.2, -0.15) is 0 Å². The first kappa shape index (κ1) is 11.6. The van der Waals surface area contributed by atoms with Crippen LogP contribution in [-0.2, 0) is 0 Å². The van der Waals surface area contributed by atoms with Crippen molar-refractivity contribution >= 4 is 11.6 Å².